The Morgan fingerprint density at radius 1 is 1.09 bits per heavy atom. The van der Waals surface area contributed by atoms with Crippen molar-refractivity contribution in [3.63, 3.8) is 0 Å². The predicted molar refractivity (Wildman–Crippen MR) is 94.5 cm³/mol. The van der Waals surface area contributed by atoms with Gasteiger partial charge in [-0.2, -0.15) is 0 Å². The summed E-state index contributed by atoms with van der Waals surface area (Å²) in [6.07, 6.45) is 8.95. The van der Waals surface area contributed by atoms with Crippen LogP contribution in [0.2, 0.25) is 5.02 Å². The summed E-state index contributed by atoms with van der Waals surface area (Å²) >= 11 is 5.90. The van der Waals surface area contributed by atoms with Crippen LogP contribution in [-0.2, 0) is 11.3 Å². The van der Waals surface area contributed by atoms with Gasteiger partial charge in [-0.1, -0.05) is 43.0 Å². The summed E-state index contributed by atoms with van der Waals surface area (Å²) in [6.45, 7) is 2.78. The van der Waals surface area contributed by atoms with E-state index >= 15 is 0 Å². The van der Waals surface area contributed by atoms with Gasteiger partial charge in [0.05, 0.1) is 6.04 Å². The third-order valence-electron chi connectivity index (χ3n) is 5.26. The molecule has 3 rings (SSSR count). The van der Waals surface area contributed by atoms with Crippen LogP contribution in [0, 0.1) is 5.92 Å². The minimum atomic E-state index is 0.0734. The number of likely N-dealkylation sites (tertiary alicyclic amines) is 1. The number of nitrogens with one attached hydrogen (secondary N) is 1. The fourth-order valence-electron chi connectivity index (χ4n) is 3.95. The third-order valence-corrected chi connectivity index (χ3v) is 5.52. The topological polar surface area (TPSA) is 32.3 Å². The van der Waals surface area contributed by atoms with Gasteiger partial charge in [0.25, 0.3) is 0 Å². The summed E-state index contributed by atoms with van der Waals surface area (Å²) in [6, 6.07) is 7.75. The first-order chi connectivity index (χ1) is 11.2. The van der Waals surface area contributed by atoms with Gasteiger partial charge in [-0.05, 0) is 55.8 Å². The Morgan fingerprint density at radius 2 is 1.83 bits per heavy atom. The molecule has 2 fully saturated rings. The zero-order valence-electron chi connectivity index (χ0n) is 13.8. The molecule has 23 heavy (non-hydrogen) atoms. The second kappa shape index (κ2) is 8.16. The lowest BCUT2D eigenvalue weighted by Crippen LogP contribution is -2.44. The predicted octanol–water partition coefficient (Wildman–Crippen LogP) is 4.00. The molecule has 1 aliphatic carbocycles. The number of nitrogens with zero attached hydrogens (tertiary/aromatic N) is 1. The molecule has 1 saturated carbocycles. The smallest absolute Gasteiger partial charge is 0.237 e. The van der Waals surface area contributed by atoms with E-state index in [1.165, 1.54) is 32.1 Å². The van der Waals surface area contributed by atoms with E-state index in [2.05, 4.69) is 10.2 Å². The highest BCUT2D eigenvalue weighted by atomic mass is 35.5. The zero-order chi connectivity index (χ0) is 16.1. The van der Waals surface area contributed by atoms with Gasteiger partial charge in [0.1, 0.15) is 0 Å². The van der Waals surface area contributed by atoms with Crippen LogP contribution in [0.1, 0.15) is 50.5 Å². The molecule has 126 valence electrons. The van der Waals surface area contributed by atoms with Gasteiger partial charge >= 0.3 is 0 Å². The van der Waals surface area contributed by atoms with Crippen molar-refractivity contribution >= 4 is 17.5 Å². The lowest BCUT2D eigenvalue weighted by atomic mass is 9.89. The van der Waals surface area contributed by atoms with Crippen LogP contribution >= 0.6 is 11.6 Å². The highest BCUT2D eigenvalue weighted by Crippen LogP contribution is 2.27. The molecule has 1 aromatic carbocycles. The van der Waals surface area contributed by atoms with Gasteiger partial charge in [-0.25, -0.2) is 0 Å². The first kappa shape index (κ1) is 16.8. The molecule has 1 heterocycles. The summed E-state index contributed by atoms with van der Waals surface area (Å²) in [5.74, 6) is 0.988. The molecular formula is C19H27ClN2O. The average Bonchev–Trinajstić information content (AvgIpc) is 3.03. The van der Waals surface area contributed by atoms with Crippen LogP contribution in [0.5, 0.6) is 0 Å². The second-order valence-electron chi connectivity index (χ2n) is 7.00. The molecule has 0 unspecified atom stereocenters. The molecule has 0 spiro atoms. The van der Waals surface area contributed by atoms with Gasteiger partial charge < -0.3 is 5.32 Å². The standard InChI is InChI=1S/C19H27ClN2O/c20-17-10-8-15(9-11-17)13-21-19(23)18-7-4-12-22(18)14-16-5-2-1-3-6-16/h8-11,16,18H,1-7,12-14H2,(H,21,23)/t18-/m1/s1. The fourth-order valence-corrected chi connectivity index (χ4v) is 4.08. The highest BCUT2D eigenvalue weighted by molar-refractivity contribution is 6.30. The number of amides is 1. The Balaban J connectivity index is 1.49. The second-order valence-corrected chi connectivity index (χ2v) is 7.44. The number of hydrogen-bond acceptors (Lipinski definition) is 2. The molecule has 1 aromatic rings. The summed E-state index contributed by atoms with van der Waals surface area (Å²) in [5, 5.41) is 3.83. The van der Waals surface area contributed by atoms with Crippen molar-refractivity contribution in [2.75, 3.05) is 13.1 Å². The maximum absolute atomic E-state index is 12.6. The molecule has 0 radical (unpaired) electrons. The third kappa shape index (κ3) is 4.71. The van der Waals surface area contributed by atoms with Crippen molar-refractivity contribution in [2.24, 2.45) is 5.92 Å². The molecule has 1 saturated heterocycles. The monoisotopic (exact) mass is 334 g/mol. The van der Waals surface area contributed by atoms with Crippen LogP contribution in [-0.4, -0.2) is 29.9 Å². The maximum Gasteiger partial charge on any atom is 0.237 e. The van der Waals surface area contributed by atoms with E-state index in [1.807, 2.05) is 24.3 Å². The Hall–Kier alpha value is -1.06. The quantitative estimate of drug-likeness (QED) is 0.882. The van der Waals surface area contributed by atoms with Gasteiger partial charge in [-0.15, -0.1) is 0 Å². The average molecular weight is 335 g/mol. The Bertz CT molecular complexity index is 511. The molecule has 0 bridgehead atoms. The largest absolute Gasteiger partial charge is 0.351 e. The summed E-state index contributed by atoms with van der Waals surface area (Å²) < 4.78 is 0. The minimum Gasteiger partial charge on any atom is -0.351 e. The maximum atomic E-state index is 12.6. The molecule has 1 atom stereocenters. The number of halogens is 1. The van der Waals surface area contributed by atoms with Crippen molar-refractivity contribution in [2.45, 2.75) is 57.5 Å². The minimum absolute atomic E-state index is 0.0734. The Labute approximate surface area is 144 Å². The van der Waals surface area contributed by atoms with Crippen molar-refractivity contribution in [1.29, 1.82) is 0 Å². The zero-order valence-corrected chi connectivity index (χ0v) is 14.5. The van der Waals surface area contributed by atoms with E-state index < -0.39 is 0 Å². The van der Waals surface area contributed by atoms with Crippen LogP contribution in [0.15, 0.2) is 24.3 Å². The van der Waals surface area contributed by atoms with Crippen molar-refractivity contribution in [3.05, 3.63) is 34.9 Å². The van der Waals surface area contributed by atoms with E-state index in [0.29, 0.717) is 6.54 Å². The molecule has 1 N–H and O–H groups in total. The molecule has 3 nitrogen and oxygen atoms in total. The number of rotatable bonds is 5. The van der Waals surface area contributed by atoms with Crippen molar-refractivity contribution < 1.29 is 4.79 Å². The van der Waals surface area contributed by atoms with Crippen molar-refractivity contribution in [3.8, 4) is 0 Å². The summed E-state index contributed by atoms with van der Waals surface area (Å²) in [7, 11) is 0. The summed E-state index contributed by atoms with van der Waals surface area (Å²) in [4.78, 5) is 15.0. The highest BCUT2D eigenvalue weighted by Gasteiger charge is 2.32. The van der Waals surface area contributed by atoms with Gasteiger partial charge in [0.15, 0.2) is 0 Å². The molecule has 2 aliphatic rings. The fraction of sp³-hybridized carbons (Fsp3) is 0.632. The van der Waals surface area contributed by atoms with Crippen LogP contribution < -0.4 is 5.32 Å². The van der Waals surface area contributed by atoms with E-state index in [4.69, 9.17) is 11.6 Å². The summed E-state index contributed by atoms with van der Waals surface area (Å²) in [5.41, 5.74) is 1.10. The normalized spacial score (nSPS) is 23.1. The number of carbonyl (C=O) groups excluding carboxylic acids is 1. The molecule has 1 amide bonds. The van der Waals surface area contributed by atoms with E-state index in [9.17, 15) is 4.79 Å². The molecule has 1 aliphatic heterocycles. The van der Waals surface area contributed by atoms with E-state index in [1.54, 1.807) is 0 Å². The van der Waals surface area contributed by atoms with Crippen LogP contribution in [0.25, 0.3) is 0 Å². The van der Waals surface area contributed by atoms with E-state index in [-0.39, 0.29) is 11.9 Å². The van der Waals surface area contributed by atoms with Gasteiger partial charge in [0, 0.05) is 18.1 Å². The Morgan fingerprint density at radius 3 is 2.57 bits per heavy atom. The first-order valence-corrected chi connectivity index (χ1v) is 9.36. The Kier molecular flexibility index (Phi) is 5.96. The first-order valence-electron chi connectivity index (χ1n) is 8.98. The van der Waals surface area contributed by atoms with Gasteiger partial charge in [-0.3, -0.25) is 9.69 Å². The number of hydrogen-bond donors (Lipinski definition) is 1. The number of benzene rings is 1. The van der Waals surface area contributed by atoms with Crippen LogP contribution in [0.3, 0.4) is 0 Å². The lowest BCUT2D eigenvalue weighted by Gasteiger charge is -2.30. The molecule has 0 aromatic heterocycles. The van der Waals surface area contributed by atoms with Crippen molar-refractivity contribution in [1.82, 2.24) is 10.2 Å². The molecular weight excluding hydrogens is 308 g/mol. The number of carbonyl (C=O) groups is 1. The van der Waals surface area contributed by atoms with Crippen LogP contribution in [0.4, 0.5) is 0 Å². The molecule has 4 heteroatoms. The van der Waals surface area contributed by atoms with E-state index in [0.717, 1.165) is 42.4 Å². The SMILES string of the molecule is O=C(NCc1ccc(Cl)cc1)[C@H]1CCCN1CC1CCCCC1. The lowest BCUT2D eigenvalue weighted by molar-refractivity contribution is -0.125. The van der Waals surface area contributed by atoms with Gasteiger partial charge in [0.2, 0.25) is 5.91 Å².